The molecule has 106 valence electrons. The van der Waals surface area contributed by atoms with Gasteiger partial charge in [0.25, 0.3) is 0 Å². The van der Waals surface area contributed by atoms with Gasteiger partial charge in [0.2, 0.25) is 5.91 Å². The molecule has 1 amide bonds. The fourth-order valence-corrected chi connectivity index (χ4v) is 1.86. The molecule has 0 aliphatic rings. The van der Waals surface area contributed by atoms with Crippen LogP contribution < -0.4 is 15.8 Å². The number of nitrogens with one attached hydrogen (secondary N) is 1. The van der Waals surface area contributed by atoms with Gasteiger partial charge in [-0.15, -0.1) is 0 Å². The van der Waals surface area contributed by atoms with Crippen molar-refractivity contribution in [2.45, 2.75) is 19.9 Å². The lowest BCUT2D eigenvalue weighted by molar-refractivity contribution is -0.116. The molecule has 6 nitrogen and oxygen atoms in total. The van der Waals surface area contributed by atoms with E-state index in [-0.39, 0.29) is 5.91 Å². The Morgan fingerprint density at radius 3 is 2.90 bits per heavy atom. The molecule has 0 radical (unpaired) electrons. The number of carbonyl (C=O) groups is 1. The highest BCUT2D eigenvalue weighted by Gasteiger charge is 2.08. The number of hydrogen-bond donors (Lipinski definition) is 2. The highest BCUT2D eigenvalue weighted by Crippen LogP contribution is 2.26. The molecule has 3 N–H and O–H groups in total. The topological polar surface area (TPSA) is 82.2 Å². The molecule has 0 saturated carbocycles. The van der Waals surface area contributed by atoms with Gasteiger partial charge >= 0.3 is 0 Å². The summed E-state index contributed by atoms with van der Waals surface area (Å²) in [5.41, 5.74) is 7.90. The Morgan fingerprint density at radius 2 is 2.25 bits per heavy atom. The fraction of sp³-hybridized carbons (Fsp3) is 0.286. The van der Waals surface area contributed by atoms with Crippen LogP contribution in [0.2, 0.25) is 0 Å². The number of carbonyl (C=O) groups excluding carboxylic acids is 1. The molecule has 0 saturated heterocycles. The van der Waals surface area contributed by atoms with E-state index in [0.717, 1.165) is 5.69 Å². The van der Waals surface area contributed by atoms with E-state index in [1.807, 2.05) is 13.0 Å². The Labute approximate surface area is 117 Å². The predicted octanol–water partition coefficient (Wildman–Crippen LogP) is 1.81. The Kier molecular flexibility index (Phi) is 4.24. The van der Waals surface area contributed by atoms with Crippen molar-refractivity contribution in [3.05, 3.63) is 36.2 Å². The quantitative estimate of drug-likeness (QED) is 0.815. The number of benzene rings is 1. The summed E-state index contributed by atoms with van der Waals surface area (Å²) in [5, 5.41) is 6.95. The van der Waals surface area contributed by atoms with Crippen molar-refractivity contribution in [1.29, 1.82) is 0 Å². The second-order valence-electron chi connectivity index (χ2n) is 4.45. The van der Waals surface area contributed by atoms with Gasteiger partial charge < -0.3 is 15.8 Å². The van der Waals surface area contributed by atoms with Gasteiger partial charge in [-0.05, 0) is 25.1 Å². The minimum Gasteiger partial charge on any atom is -0.494 e. The summed E-state index contributed by atoms with van der Waals surface area (Å²) < 4.78 is 6.98. The molecule has 0 aliphatic heterocycles. The van der Waals surface area contributed by atoms with Crippen molar-refractivity contribution in [2.75, 3.05) is 18.2 Å². The smallest absolute Gasteiger partial charge is 0.226 e. The summed E-state index contributed by atoms with van der Waals surface area (Å²) in [6.07, 6.45) is 2.06. The zero-order chi connectivity index (χ0) is 14.5. The predicted molar refractivity (Wildman–Crippen MR) is 77.6 cm³/mol. The van der Waals surface area contributed by atoms with Crippen LogP contribution in [0.4, 0.5) is 11.4 Å². The number of aryl methyl sites for hydroxylation is 2. The lowest BCUT2D eigenvalue weighted by Gasteiger charge is -2.11. The first-order valence-electron chi connectivity index (χ1n) is 6.32. The fourth-order valence-electron chi connectivity index (χ4n) is 1.86. The standard InChI is InChI=1S/C14H18N4O2/c1-10-5-7-16-18(10)8-6-14(19)17-12-4-3-11(15)9-13(12)20-2/h3-5,7,9H,6,8,15H2,1-2H3,(H,17,19). The summed E-state index contributed by atoms with van der Waals surface area (Å²) in [6, 6.07) is 7.02. The Bertz CT molecular complexity index is 607. The molecule has 2 aromatic rings. The number of rotatable bonds is 5. The molecule has 0 bridgehead atoms. The minimum absolute atomic E-state index is 0.0945. The van der Waals surface area contributed by atoms with E-state index in [9.17, 15) is 4.79 Å². The minimum atomic E-state index is -0.0945. The zero-order valence-corrected chi connectivity index (χ0v) is 11.6. The number of nitrogens with two attached hydrogens (primary N) is 1. The molecular formula is C14H18N4O2. The summed E-state index contributed by atoms with van der Waals surface area (Å²) >= 11 is 0. The largest absolute Gasteiger partial charge is 0.494 e. The van der Waals surface area contributed by atoms with Crippen LogP contribution in [0, 0.1) is 6.92 Å². The normalized spacial score (nSPS) is 10.3. The number of ether oxygens (including phenoxy) is 1. The van der Waals surface area contributed by atoms with E-state index in [0.29, 0.717) is 30.1 Å². The summed E-state index contributed by atoms with van der Waals surface area (Å²) in [4.78, 5) is 11.9. The molecule has 2 rings (SSSR count). The summed E-state index contributed by atoms with van der Waals surface area (Å²) in [6.45, 7) is 2.50. The van der Waals surface area contributed by atoms with Crippen molar-refractivity contribution in [3.63, 3.8) is 0 Å². The molecular weight excluding hydrogens is 256 g/mol. The molecule has 0 atom stereocenters. The van der Waals surface area contributed by atoms with Crippen LogP contribution in [-0.4, -0.2) is 22.8 Å². The number of methoxy groups -OCH3 is 1. The Hall–Kier alpha value is -2.50. The van der Waals surface area contributed by atoms with Gasteiger partial charge in [0.15, 0.2) is 0 Å². The summed E-state index contributed by atoms with van der Waals surface area (Å²) in [5.74, 6) is 0.455. The van der Waals surface area contributed by atoms with Crippen LogP contribution in [0.15, 0.2) is 30.5 Å². The van der Waals surface area contributed by atoms with Gasteiger partial charge in [0, 0.05) is 36.6 Å². The van der Waals surface area contributed by atoms with Crippen molar-refractivity contribution in [1.82, 2.24) is 9.78 Å². The first-order chi connectivity index (χ1) is 9.60. The van der Waals surface area contributed by atoms with E-state index in [2.05, 4.69) is 10.4 Å². The van der Waals surface area contributed by atoms with Crippen molar-refractivity contribution in [2.24, 2.45) is 0 Å². The monoisotopic (exact) mass is 274 g/mol. The number of anilines is 2. The van der Waals surface area contributed by atoms with Crippen molar-refractivity contribution < 1.29 is 9.53 Å². The Balaban J connectivity index is 1.96. The van der Waals surface area contributed by atoms with Crippen LogP contribution in [0.5, 0.6) is 5.75 Å². The second kappa shape index (κ2) is 6.10. The SMILES string of the molecule is COc1cc(N)ccc1NC(=O)CCn1nccc1C. The van der Waals surface area contributed by atoms with Crippen molar-refractivity contribution >= 4 is 17.3 Å². The first kappa shape index (κ1) is 13.9. The number of aromatic nitrogens is 2. The highest BCUT2D eigenvalue weighted by molar-refractivity contribution is 5.92. The maximum absolute atomic E-state index is 11.9. The van der Waals surface area contributed by atoms with Gasteiger partial charge in [-0.3, -0.25) is 9.48 Å². The van der Waals surface area contributed by atoms with E-state index < -0.39 is 0 Å². The van der Waals surface area contributed by atoms with E-state index in [4.69, 9.17) is 10.5 Å². The third-order valence-corrected chi connectivity index (χ3v) is 2.98. The maximum Gasteiger partial charge on any atom is 0.226 e. The van der Waals surface area contributed by atoms with Gasteiger partial charge in [0.1, 0.15) is 5.75 Å². The third kappa shape index (κ3) is 3.28. The summed E-state index contributed by atoms with van der Waals surface area (Å²) in [7, 11) is 1.54. The molecule has 0 fully saturated rings. The molecule has 0 spiro atoms. The second-order valence-corrected chi connectivity index (χ2v) is 4.45. The molecule has 1 heterocycles. The highest BCUT2D eigenvalue weighted by atomic mass is 16.5. The molecule has 6 heteroatoms. The Morgan fingerprint density at radius 1 is 1.45 bits per heavy atom. The molecule has 1 aromatic carbocycles. The van der Waals surface area contributed by atoms with Crippen molar-refractivity contribution in [3.8, 4) is 5.75 Å². The van der Waals surface area contributed by atoms with Gasteiger partial charge in [-0.1, -0.05) is 0 Å². The number of amides is 1. The molecule has 0 unspecified atom stereocenters. The maximum atomic E-state index is 11.9. The first-order valence-corrected chi connectivity index (χ1v) is 6.32. The lowest BCUT2D eigenvalue weighted by atomic mass is 10.2. The van der Waals surface area contributed by atoms with Crippen LogP contribution in [0.25, 0.3) is 0 Å². The molecule has 20 heavy (non-hydrogen) atoms. The van der Waals surface area contributed by atoms with E-state index >= 15 is 0 Å². The van der Waals surface area contributed by atoms with Crippen LogP contribution in [0.3, 0.4) is 0 Å². The van der Waals surface area contributed by atoms with Crippen LogP contribution >= 0.6 is 0 Å². The van der Waals surface area contributed by atoms with E-state index in [1.165, 1.54) is 7.11 Å². The number of hydrogen-bond acceptors (Lipinski definition) is 4. The average molecular weight is 274 g/mol. The number of nitrogens with zero attached hydrogens (tertiary/aromatic N) is 2. The van der Waals surface area contributed by atoms with Gasteiger partial charge in [-0.2, -0.15) is 5.10 Å². The van der Waals surface area contributed by atoms with Gasteiger partial charge in [0.05, 0.1) is 12.8 Å². The number of nitrogen functional groups attached to an aromatic ring is 1. The average Bonchev–Trinajstić information content (AvgIpc) is 2.84. The van der Waals surface area contributed by atoms with Crippen LogP contribution in [0.1, 0.15) is 12.1 Å². The van der Waals surface area contributed by atoms with Gasteiger partial charge in [-0.25, -0.2) is 0 Å². The molecule has 1 aromatic heterocycles. The molecule has 0 aliphatic carbocycles. The van der Waals surface area contributed by atoms with E-state index in [1.54, 1.807) is 29.1 Å². The lowest BCUT2D eigenvalue weighted by Crippen LogP contribution is -2.16. The zero-order valence-electron chi connectivity index (χ0n) is 11.6. The van der Waals surface area contributed by atoms with Crippen LogP contribution in [-0.2, 0) is 11.3 Å². The third-order valence-electron chi connectivity index (χ3n) is 2.98.